The number of benzene rings is 1. The lowest BCUT2D eigenvalue weighted by Gasteiger charge is -2.38. The van der Waals surface area contributed by atoms with Crippen molar-refractivity contribution in [1.29, 1.82) is 0 Å². The lowest BCUT2D eigenvalue weighted by molar-refractivity contribution is 0.128. The molecule has 1 saturated heterocycles. The maximum Gasteiger partial charge on any atom is 0.0839 e. The quantitative estimate of drug-likeness (QED) is 0.752. The van der Waals surface area contributed by atoms with Crippen LogP contribution in [0.2, 0.25) is 0 Å². The summed E-state index contributed by atoms with van der Waals surface area (Å²) >= 11 is 0. The van der Waals surface area contributed by atoms with Gasteiger partial charge < -0.3 is 0 Å². The van der Waals surface area contributed by atoms with Crippen LogP contribution in [0, 0.1) is 16.7 Å². The molecule has 0 amide bonds. The third-order valence-electron chi connectivity index (χ3n) is 5.35. The highest BCUT2D eigenvalue weighted by Crippen LogP contribution is 2.41. The summed E-state index contributed by atoms with van der Waals surface area (Å²) in [6, 6.07) is 11.6. The Morgan fingerprint density at radius 3 is 2.33 bits per heavy atom. The minimum atomic E-state index is 0.520. The first-order valence-electron chi connectivity index (χ1n) is 8.46. The number of nitroso groups, excluding NO2 is 1. The van der Waals surface area contributed by atoms with Crippen molar-refractivity contribution in [3.05, 3.63) is 40.8 Å². The van der Waals surface area contributed by atoms with E-state index in [0.717, 1.165) is 5.92 Å². The summed E-state index contributed by atoms with van der Waals surface area (Å²) in [5.74, 6) is 1.28. The topological polar surface area (TPSA) is 32.7 Å². The van der Waals surface area contributed by atoms with Crippen LogP contribution in [-0.2, 0) is 0 Å². The molecular weight excluding hydrogens is 260 g/mol. The zero-order valence-corrected chi connectivity index (χ0v) is 12.8. The molecule has 114 valence electrons. The first kappa shape index (κ1) is 14.7. The molecule has 2 fully saturated rings. The molecule has 3 heteroatoms. The third-order valence-corrected chi connectivity index (χ3v) is 5.35. The monoisotopic (exact) mass is 286 g/mol. The Bertz CT molecular complexity index is 434. The Hall–Kier alpha value is -1.22. The summed E-state index contributed by atoms with van der Waals surface area (Å²) in [4.78, 5) is 13.2. The Morgan fingerprint density at radius 1 is 1.05 bits per heavy atom. The predicted octanol–water partition coefficient (Wildman–Crippen LogP) is 4.40. The normalized spacial score (nSPS) is 28.4. The molecule has 1 aliphatic heterocycles. The highest BCUT2D eigenvalue weighted by Gasteiger charge is 2.33. The molecule has 1 heterocycles. The second-order valence-corrected chi connectivity index (χ2v) is 6.69. The van der Waals surface area contributed by atoms with Gasteiger partial charge in [-0.25, -0.2) is 0 Å². The summed E-state index contributed by atoms with van der Waals surface area (Å²) in [5, 5.41) is 3.10. The van der Waals surface area contributed by atoms with E-state index in [1.807, 2.05) is 0 Å². The van der Waals surface area contributed by atoms with Gasteiger partial charge in [0.15, 0.2) is 0 Å². The van der Waals surface area contributed by atoms with Crippen molar-refractivity contribution in [3.63, 3.8) is 0 Å². The molecular formula is C18H26N2O. The van der Waals surface area contributed by atoms with E-state index < -0.39 is 0 Å². The molecule has 2 aliphatic rings. The van der Waals surface area contributed by atoms with Crippen LogP contribution in [0.4, 0.5) is 0 Å². The molecule has 0 spiro atoms. The second kappa shape index (κ2) is 7.17. The molecule has 0 bridgehead atoms. The highest BCUT2D eigenvalue weighted by atomic mass is 16.3. The second-order valence-electron chi connectivity index (χ2n) is 6.69. The van der Waals surface area contributed by atoms with Crippen LogP contribution < -0.4 is 0 Å². The summed E-state index contributed by atoms with van der Waals surface area (Å²) in [6.45, 7) is 3.01. The van der Waals surface area contributed by atoms with Crippen molar-refractivity contribution in [2.45, 2.75) is 44.6 Å². The largest absolute Gasteiger partial charge is 0.296 e. The van der Waals surface area contributed by atoms with Crippen molar-refractivity contribution in [2.24, 2.45) is 17.0 Å². The van der Waals surface area contributed by atoms with Crippen molar-refractivity contribution in [2.75, 3.05) is 19.6 Å². The van der Waals surface area contributed by atoms with E-state index in [-0.39, 0.29) is 0 Å². The summed E-state index contributed by atoms with van der Waals surface area (Å²) in [7, 11) is 0. The molecule has 1 aromatic carbocycles. The van der Waals surface area contributed by atoms with E-state index in [1.165, 1.54) is 57.2 Å². The maximum absolute atomic E-state index is 10.5. The molecule has 21 heavy (non-hydrogen) atoms. The van der Waals surface area contributed by atoms with Gasteiger partial charge in [-0.15, -0.1) is 0 Å². The number of rotatable bonds is 5. The smallest absolute Gasteiger partial charge is 0.0839 e. The number of hydrogen-bond acceptors (Lipinski definition) is 3. The molecule has 0 radical (unpaired) electrons. The number of nitrogens with zero attached hydrogens (tertiary/aromatic N) is 2. The van der Waals surface area contributed by atoms with Gasteiger partial charge >= 0.3 is 0 Å². The first-order valence-corrected chi connectivity index (χ1v) is 8.46. The fourth-order valence-corrected chi connectivity index (χ4v) is 4.24. The Balaban J connectivity index is 1.72. The van der Waals surface area contributed by atoms with Gasteiger partial charge in [-0.05, 0) is 69.0 Å². The van der Waals surface area contributed by atoms with Crippen molar-refractivity contribution in [1.82, 2.24) is 4.90 Å². The predicted molar refractivity (Wildman–Crippen MR) is 86.1 cm³/mol. The molecule has 1 saturated carbocycles. The van der Waals surface area contributed by atoms with Crippen LogP contribution in [0.5, 0.6) is 0 Å². The lowest BCUT2D eigenvalue weighted by atomic mass is 9.76. The van der Waals surface area contributed by atoms with E-state index in [0.29, 0.717) is 18.5 Å². The van der Waals surface area contributed by atoms with Gasteiger partial charge in [0, 0.05) is 6.04 Å². The van der Waals surface area contributed by atoms with Gasteiger partial charge in [-0.3, -0.25) is 4.90 Å². The van der Waals surface area contributed by atoms with E-state index in [4.69, 9.17) is 0 Å². The summed E-state index contributed by atoms with van der Waals surface area (Å²) < 4.78 is 0. The van der Waals surface area contributed by atoms with E-state index >= 15 is 0 Å². The van der Waals surface area contributed by atoms with Gasteiger partial charge in [0.2, 0.25) is 0 Å². The van der Waals surface area contributed by atoms with Crippen molar-refractivity contribution in [3.8, 4) is 0 Å². The molecule has 3 nitrogen and oxygen atoms in total. The minimum absolute atomic E-state index is 0.520. The Morgan fingerprint density at radius 2 is 1.71 bits per heavy atom. The van der Waals surface area contributed by atoms with Gasteiger partial charge in [0.05, 0.1) is 6.54 Å². The standard InChI is InChI=1S/C18H26N2O/c21-19-14-15-8-10-17(11-9-15)18(20-12-4-5-13-20)16-6-2-1-3-7-16/h1-3,6-7,15,17-18H,4-5,8-14H2. The molecule has 3 rings (SSSR count). The molecule has 0 N–H and O–H groups in total. The molecule has 1 atom stereocenters. The highest BCUT2D eigenvalue weighted by molar-refractivity contribution is 5.20. The molecule has 1 aromatic rings. The van der Waals surface area contributed by atoms with Gasteiger partial charge in [0.25, 0.3) is 0 Å². The zero-order valence-electron chi connectivity index (χ0n) is 12.8. The number of hydrogen-bond donors (Lipinski definition) is 0. The average Bonchev–Trinajstić information content (AvgIpc) is 3.05. The van der Waals surface area contributed by atoms with E-state index in [2.05, 4.69) is 40.4 Å². The fourth-order valence-electron chi connectivity index (χ4n) is 4.24. The maximum atomic E-state index is 10.5. The van der Waals surface area contributed by atoms with Crippen molar-refractivity contribution >= 4 is 0 Å². The van der Waals surface area contributed by atoms with Crippen LogP contribution >= 0.6 is 0 Å². The van der Waals surface area contributed by atoms with Crippen molar-refractivity contribution < 1.29 is 0 Å². The zero-order chi connectivity index (χ0) is 14.5. The van der Waals surface area contributed by atoms with Crippen LogP contribution in [0.15, 0.2) is 35.5 Å². The van der Waals surface area contributed by atoms with Crippen LogP contribution in [0.25, 0.3) is 0 Å². The lowest BCUT2D eigenvalue weighted by Crippen LogP contribution is -2.34. The Kier molecular flexibility index (Phi) is 5.02. The Labute approximate surface area is 127 Å². The van der Waals surface area contributed by atoms with E-state index in [1.54, 1.807) is 0 Å². The molecule has 1 unspecified atom stereocenters. The van der Waals surface area contributed by atoms with Crippen LogP contribution in [-0.4, -0.2) is 24.5 Å². The van der Waals surface area contributed by atoms with Crippen LogP contribution in [0.1, 0.15) is 50.1 Å². The van der Waals surface area contributed by atoms with Gasteiger partial charge in [0.1, 0.15) is 0 Å². The van der Waals surface area contributed by atoms with Crippen LogP contribution in [0.3, 0.4) is 0 Å². The first-order chi connectivity index (χ1) is 10.4. The molecule has 0 aromatic heterocycles. The SMILES string of the molecule is O=NCC1CCC(C(c2ccccc2)N2CCCC2)CC1. The average molecular weight is 286 g/mol. The fraction of sp³-hybridized carbons (Fsp3) is 0.667. The third kappa shape index (κ3) is 3.52. The minimum Gasteiger partial charge on any atom is -0.296 e. The van der Waals surface area contributed by atoms with E-state index in [9.17, 15) is 4.91 Å². The number of likely N-dealkylation sites (tertiary alicyclic amines) is 1. The van der Waals surface area contributed by atoms with Gasteiger partial charge in [-0.2, -0.15) is 4.91 Å². The molecule has 1 aliphatic carbocycles. The van der Waals surface area contributed by atoms with Gasteiger partial charge in [-0.1, -0.05) is 35.5 Å². The summed E-state index contributed by atoms with van der Waals surface area (Å²) in [5.41, 5.74) is 1.48. The summed E-state index contributed by atoms with van der Waals surface area (Å²) in [6.07, 6.45) is 7.52.